The van der Waals surface area contributed by atoms with Crippen LogP contribution in [0.2, 0.25) is 0 Å². The van der Waals surface area contributed by atoms with Gasteiger partial charge in [-0.25, -0.2) is 8.42 Å². The summed E-state index contributed by atoms with van der Waals surface area (Å²) in [5.74, 6) is -0.624. The molecule has 1 aromatic heterocycles. The first-order valence-electron chi connectivity index (χ1n) is 10.1. The first-order chi connectivity index (χ1) is 15.4. The average molecular weight is 448 g/mol. The summed E-state index contributed by atoms with van der Waals surface area (Å²) >= 11 is 0. The third-order valence-electron chi connectivity index (χ3n) is 4.86. The van der Waals surface area contributed by atoms with Gasteiger partial charge in [0.15, 0.2) is 0 Å². The van der Waals surface area contributed by atoms with Crippen molar-refractivity contribution < 1.29 is 18.0 Å². The van der Waals surface area contributed by atoms with Gasteiger partial charge in [-0.1, -0.05) is 12.1 Å². The standard InChI is InChI=1S/C24H21N3O4S/c28-23(13-6-17-3-2-14-25-16-17)26-19-9-11-21(12-10-19)32(30,31)22-5-1-4-18(15-22)24(29)27-20-7-8-20/h1-6,9-16,20H,7-8H2,(H,26,28)(H,27,29). The number of rotatable bonds is 7. The summed E-state index contributed by atoms with van der Waals surface area (Å²) in [6.45, 7) is 0. The van der Waals surface area contributed by atoms with Crippen LogP contribution >= 0.6 is 0 Å². The minimum atomic E-state index is -3.81. The van der Waals surface area contributed by atoms with Crippen LogP contribution in [0.4, 0.5) is 5.69 Å². The lowest BCUT2D eigenvalue weighted by atomic mass is 10.2. The molecule has 0 atom stereocenters. The van der Waals surface area contributed by atoms with Crippen LogP contribution in [0.25, 0.3) is 6.08 Å². The first kappa shape index (κ1) is 21.5. The van der Waals surface area contributed by atoms with Gasteiger partial charge in [-0.05, 0) is 73.0 Å². The van der Waals surface area contributed by atoms with Gasteiger partial charge in [-0.15, -0.1) is 0 Å². The largest absolute Gasteiger partial charge is 0.349 e. The van der Waals surface area contributed by atoms with Crippen LogP contribution in [-0.2, 0) is 14.6 Å². The van der Waals surface area contributed by atoms with E-state index in [9.17, 15) is 18.0 Å². The quantitative estimate of drug-likeness (QED) is 0.540. The van der Waals surface area contributed by atoms with Crippen molar-refractivity contribution in [3.05, 3.63) is 90.3 Å². The smallest absolute Gasteiger partial charge is 0.251 e. The fourth-order valence-corrected chi connectivity index (χ4v) is 4.29. The Hall–Kier alpha value is -3.78. The van der Waals surface area contributed by atoms with E-state index in [1.807, 2.05) is 6.07 Å². The number of anilines is 1. The number of nitrogens with zero attached hydrogens (tertiary/aromatic N) is 1. The molecule has 1 aliphatic carbocycles. The molecule has 2 aromatic carbocycles. The Labute approximate surface area is 186 Å². The normalized spacial score (nSPS) is 13.6. The van der Waals surface area contributed by atoms with Gasteiger partial charge in [-0.3, -0.25) is 14.6 Å². The van der Waals surface area contributed by atoms with Crippen molar-refractivity contribution in [2.75, 3.05) is 5.32 Å². The Balaban J connectivity index is 1.45. The molecule has 3 aromatic rings. The number of hydrogen-bond donors (Lipinski definition) is 2. The van der Waals surface area contributed by atoms with Gasteiger partial charge in [0.05, 0.1) is 9.79 Å². The van der Waals surface area contributed by atoms with Crippen molar-refractivity contribution in [2.24, 2.45) is 0 Å². The van der Waals surface area contributed by atoms with E-state index in [0.29, 0.717) is 11.3 Å². The highest BCUT2D eigenvalue weighted by molar-refractivity contribution is 7.91. The molecule has 2 N–H and O–H groups in total. The van der Waals surface area contributed by atoms with Crippen LogP contribution in [-0.4, -0.2) is 31.3 Å². The van der Waals surface area contributed by atoms with Crippen molar-refractivity contribution in [1.82, 2.24) is 10.3 Å². The SMILES string of the molecule is O=C(C=Cc1cccnc1)Nc1ccc(S(=O)(=O)c2cccc(C(=O)NC3CC3)c2)cc1. The van der Waals surface area contributed by atoms with E-state index in [1.165, 1.54) is 42.5 Å². The topological polar surface area (TPSA) is 105 Å². The Bertz CT molecular complexity index is 1270. The van der Waals surface area contributed by atoms with Gasteiger partial charge in [0.1, 0.15) is 0 Å². The van der Waals surface area contributed by atoms with E-state index >= 15 is 0 Å². The molecule has 0 saturated heterocycles. The maximum absolute atomic E-state index is 13.0. The van der Waals surface area contributed by atoms with Crippen LogP contribution < -0.4 is 10.6 Å². The molecule has 32 heavy (non-hydrogen) atoms. The van der Waals surface area contributed by atoms with Crippen LogP contribution in [0.3, 0.4) is 0 Å². The van der Waals surface area contributed by atoms with Crippen LogP contribution in [0.1, 0.15) is 28.8 Å². The summed E-state index contributed by atoms with van der Waals surface area (Å²) in [5, 5.41) is 5.54. The second-order valence-electron chi connectivity index (χ2n) is 7.41. The number of aromatic nitrogens is 1. The van der Waals surface area contributed by atoms with Gasteiger partial charge in [0, 0.05) is 35.8 Å². The summed E-state index contributed by atoms with van der Waals surface area (Å²) < 4.78 is 26.0. The second-order valence-corrected chi connectivity index (χ2v) is 9.36. The second kappa shape index (κ2) is 9.15. The molecule has 1 fully saturated rings. The molecule has 7 nitrogen and oxygen atoms in total. The predicted molar refractivity (Wildman–Crippen MR) is 121 cm³/mol. The average Bonchev–Trinajstić information content (AvgIpc) is 3.63. The molecule has 0 radical (unpaired) electrons. The van der Waals surface area contributed by atoms with E-state index in [-0.39, 0.29) is 27.6 Å². The highest BCUT2D eigenvalue weighted by Crippen LogP contribution is 2.24. The molecule has 0 aliphatic heterocycles. The van der Waals surface area contributed by atoms with Crippen molar-refractivity contribution in [2.45, 2.75) is 28.7 Å². The zero-order chi connectivity index (χ0) is 22.6. The number of sulfone groups is 1. The zero-order valence-electron chi connectivity index (χ0n) is 17.1. The van der Waals surface area contributed by atoms with E-state index in [1.54, 1.807) is 36.7 Å². The Kier molecular flexibility index (Phi) is 6.13. The summed E-state index contributed by atoms with van der Waals surface area (Å²) in [5.41, 5.74) is 1.56. The molecule has 2 amide bonds. The van der Waals surface area contributed by atoms with Gasteiger partial charge in [0.2, 0.25) is 15.7 Å². The number of amides is 2. The number of carbonyl (C=O) groups is 2. The summed E-state index contributed by atoms with van der Waals surface area (Å²) in [6, 6.07) is 15.6. The molecule has 4 rings (SSSR count). The van der Waals surface area contributed by atoms with E-state index < -0.39 is 9.84 Å². The zero-order valence-corrected chi connectivity index (χ0v) is 17.9. The van der Waals surface area contributed by atoms with Crippen LogP contribution in [0.15, 0.2) is 88.9 Å². The molecule has 0 bridgehead atoms. The van der Waals surface area contributed by atoms with E-state index in [2.05, 4.69) is 15.6 Å². The highest BCUT2D eigenvalue weighted by atomic mass is 32.2. The van der Waals surface area contributed by atoms with E-state index in [4.69, 9.17) is 0 Å². The van der Waals surface area contributed by atoms with Crippen molar-refractivity contribution in [3.8, 4) is 0 Å². The fourth-order valence-electron chi connectivity index (χ4n) is 2.98. The number of hydrogen-bond acceptors (Lipinski definition) is 5. The lowest BCUT2D eigenvalue weighted by Gasteiger charge is -2.09. The molecular formula is C24H21N3O4S. The maximum atomic E-state index is 13.0. The number of nitrogens with one attached hydrogen (secondary N) is 2. The molecule has 0 spiro atoms. The summed E-state index contributed by atoms with van der Waals surface area (Å²) in [7, 11) is -3.81. The number of carbonyl (C=O) groups excluding carboxylic acids is 2. The first-order valence-corrected chi connectivity index (χ1v) is 11.6. The Morgan fingerprint density at radius 1 is 0.969 bits per heavy atom. The van der Waals surface area contributed by atoms with E-state index in [0.717, 1.165) is 18.4 Å². The van der Waals surface area contributed by atoms with Gasteiger partial charge in [-0.2, -0.15) is 0 Å². The highest BCUT2D eigenvalue weighted by Gasteiger charge is 2.25. The summed E-state index contributed by atoms with van der Waals surface area (Å²) in [4.78, 5) is 28.4. The molecule has 1 aliphatic rings. The summed E-state index contributed by atoms with van der Waals surface area (Å²) in [6.07, 6.45) is 8.19. The number of pyridine rings is 1. The van der Waals surface area contributed by atoms with Crippen molar-refractivity contribution in [3.63, 3.8) is 0 Å². The third kappa shape index (κ3) is 5.28. The number of benzene rings is 2. The lowest BCUT2D eigenvalue weighted by molar-refractivity contribution is -0.111. The monoisotopic (exact) mass is 447 g/mol. The minimum absolute atomic E-state index is 0.0390. The molecule has 1 saturated carbocycles. The van der Waals surface area contributed by atoms with Crippen molar-refractivity contribution >= 4 is 33.4 Å². The third-order valence-corrected chi connectivity index (χ3v) is 6.63. The molecule has 8 heteroatoms. The van der Waals surface area contributed by atoms with Gasteiger partial charge >= 0.3 is 0 Å². The van der Waals surface area contributed by atoms with Gasteiger partial charge in [0.25, 0.3) is 5.91 Å². The minimum Gasteiger partial charge on any atom is -0.349 e. The molecule has 1 heterocycles. The van der Waals surface area contributed by atoms with Crippen LogP contribution in [0, 0.1) is 0 Å². The predicted octanol–water partition coefficient (Wildman–Crippen LogP) is 3.46. The van der Waals surface area contributed by atoms with Gasteiger partial charge < -0.3 is 10.6 Å². The lowest BCUT2D eigenvalue weighted by Crippen LogP contribution is -2.25. The Morgan fingerprint density at radius 2 is 1.75 bits per heavy atom. The van der Waals surface area contributed by atoms with Crippen LogP contribution in [0.5, 0.6) is 0 Å². The fraction of sp³-hybridized carbons (Fsp3) is 0.125. The molecule has 162 valence electrons. The van der Waals surface area contributed by atoms with Crippen molar-refractivity contribution in [1.29, 1.82) is 0 Å². The molecule has 0 unspecified atom stereocenters. The molecular weight excluding hydrogens is 426 g/mol. The Morgan fingerprint density at radius 3 is 2.44 bits per heavy atom. The maximum Gasteiger partial charge on any atom is 0.251 e.